The highest BCUT2D eigenvalue weighted by Crippen LogP contribution is 2.32. The molecule has 0 aromatic carbocycles. The average molecular weight is 290 g/mol. The number of thiocarbonyl (C=S) groups is 1. The van der Waals surface area contributed by atoms with E-state index in [4.69, 9.17) is 18.0 Å². The SMILES string of the molecule is NC(=S)CCN(c1ccc(C(F)(F)F)nn1)C1CC1. The number of hydrogen-bond donors (Lipinski definition) is 1. The first-order valence-electron chi connectivity index (χ1n) is 5.84. The van der Waals surface area contributed by atoms with Crippen LogP contribution >= 0.6 is 12.2 Å². The Labute approximate surface area is 113 Å². The fraction of sp³-hybridized carbons (Fsp3) is 0.545. The Morgan fingerprint density at radius 2 is 2.05 bits per heavy atom. The minimum absolute atomic E-state index is 0.306. The van der Waals surface area contributed by atoms with Gasteiger partial charge in [-0.2, -0.15) is 13.2 Å². The zero-order valence-electron chi connectivity index (χ0n) is 10.0. The van der Waals surface area contributed by atoms with Gasteiger partial charge in [-0.1, -0.05) is 12.2 Å². The summed E-state index contributed by atoms with van der Waals surface area (Å²) in [5, 5.41) is 6.88. The third kappa shape index (κ3) is 3.76. The van der Waals surface area contributed by atoms with E-state index in [0.29, 0.717) is 29.8 Å². The minimum atomic E-state index is -4.46. The zero-order valence-corrected chi connectivity index (χ0v) is 10.8. The first-order chi connectivity index (χ1) is 8.88. The molecule has 8 heteroatoms. The summed E-state index contributed by atoms with van der Waals surface area (Å²) in [6, 6.07) is 2.59. The molecule has 0 unspecified atom stereocenters. The van der Waals surface area contributed by atoms with Crippen molar-refractivity contribution in [1.29, 1.82) is 0 Å². The highest BCUT2D eigenvalue weighted by molar-refractivity contribution is 7.80. The van der Waals surface area contributed by atoms with Crippen LogP contribution in [-0.4, -0.2) is 27.8 Å². The summed E-state index contributed by atoms with van der Waals surface area (Å²) >= 11 is 4.81. The van der Waals surface area contributed by atoms with Gasteiger partial charge in [0.15, 0.2) is 11.5 Å². The maximum absolute atomic E-state index is 12.4. The molecule has 0 bridgehead atoms. The predicted octanol–water partition coefficient (Wildman–Crippen LogP) is 2.14. The molecule has 0 atom stereocenters. The van der Waals surface area contributed by atoms with E-state index in [1.54, 1.807) is 0 Å². The fourth-order valence-electron chi connectivity index (χ4n) is 1.73. The number of alkyl halides is 3. The van der Waals surface area contributed by atoms with Gasteiger partial charge in [-0.25, -0.2) is 0 Å². The van der Waals surface area contributed by atoms with Gasteiger partial charge in [-0.3, -0.25) is 0 Å². The van der Waals surface area contributed by atoms with E-state index in [0.717, 1.165) is 18.9 Å². The van der Waals surface area contributed by atoms with Crippen LogP contribution in [0.5, 0.6) is 0 Å². The Balaban J connectivity index is 2.11. The number of anilines is 1. The number of rotatable bonds is 5. The van der Waals surface area contributed by atoms with Crippen molar-refractivity contribution in [1.82, 2.24) is 10.2 Å². The quantitative estimate of drug-likeness (QED) is 0.842. The zero-order chi connectivity index (χ0) is 14.0. The maximum Gasteiger partial charge on any atom is 0.435 e. The second kappa shape index (κ2) is 5.28. The number of hydrogen-bond acceptors (Lipinski definition) is 4. The van der Waals surface area contributed by atoms with Crippen LogP contribution in [0.1, 0.15) is 25.0 Å². The lowest BCUT2D eigenvalue weighted by molar-refractivity contribution is -0.141. The van der Waals surface area contributed by atoms with Crippen LogP contribution in [0.4, 0.5) is 19.0 Å². The van der Waals surface area contributed by atoms with E-state index in [2.05, 4.69) is 10.2 Å². The van der Waals surface area contributed by atoms with Crippen LogP contribution in [0.3, 0.4) is 0 Å². The molecule has 0 radical (unpaired) electrons. The molecule has 1 heterocycles. The lowest BCUT2D eigenvalue weighted by Gasteiger charge is -2.22. The van der Waals surface area contributed by atoms with Crippen LogP contribution in [0, 0.1) is 0 Å². The standard InChI is InChI=1S/C11H13F3N4S/c12-11(13,14)8-3-4-10(17-16-8)18(7-1-2-7)6-5-9(15)19/h3-4,7H,1-2,5-6H2,(H2,15,19). The number of halogens is 3. The van der Waals surface area contributed by atoms with Crippen LogP contribution in [0.25, 0.3) is 0 Å². The summed E-state index contributed by atoms with van der Waals surface area (Å²) in [4.78, 5) is 2.29. The molecular formula is C11H13F3N4S. The van der Waals surface area contributed by atoms with Gasteiger partial charge in [0.25, 0.3) is 0 Å². The summed E-state index contributed by atoms with van der Waals surface area (Å²) in [7, 11) is 0. The summed E-state index contributed by atoms with van der Waals surface area (Å²) in [5.41, 5.74) is 4.46. The monoisotopic (exact) mass is 290 g/mol. The molecule has 4 nitrogen and oxygen atoms in total. The van der Waals surface area contributed by atoms with E-state index in [1.165, 1.54) is 6.07 Å². The molecule has 0 aliphatic heterocycles. The van der Waals surface area contributed by atoms with Gasteiger partial charge >= 0.3 is 6.18 Å². The van der Waals surface area contributed by atoms with E-state index in [-0.39, 0.29) is 0 Å². The van der Waals surface area contributed by atoms with E-state index >= 15 is 0 Å². The molecule has 0 spiro atoms. The van der Waals surface area contributed by atoms with Crippen molar-refractivity contribution in [2.45, 2.75) is 31.5 Å². The average Bonchev–Trinajstić information content (AvgIpc) is 3.13. The molecule has 104 valence electrons. The van der Waals surface area contributed by atoms with Crippen molar-refractivity contribution in [3.8, 4) is 0 Å². The Morgan fingerprint density at radius 1 is 1.37 bits per heavy atom. The van der Waals surface area contributed by atoms with Crippen molar-refractivity contribution in [3.63, 3.8) is 0 Å². The van der Waals surface area contributed by atoms with Gasteiger partial charge in [0.1, 0.15) is 0 Å². The highest BCUT2D eigenvalue weighted by atomic mass is 32.1. The Kier molecular flexibility index (Phi) is 3.88. The van der Waals surface area contributed by atoms with Gasteiger partial charge in [0.2, 0.25) is 0 Å². The molecule has 1 saturated carbocycles. The van der Waals surface area contributed by atoms with Gasteiger partial charge in [0.05, 0.1) is 4.99 Å². The second-order valence-corrected chi connectivity index (χ2v) is 4.94. The highest BCUT2D eigenvalue weighted by Gasteiger charge is 2.34. The van der Waals surface area contributed by atoms with Gasteiger partial charge < -0.3 is 10.6 Å². The van der Waals surface area contributed by atoms with Crippen LogP contribution in [0.2, 0.25) is 0 Å². The van der Waals surface area contributed by atoms with E-state index < -0.39 is 11.9 Å². The van der Waals surface area contributed by atoms with Crippen molar-refractivity contribution < 1.29 is 13.2 Å². The van der Waals surface area contributed by atoms with Crippen molar-refractivity contribution in [3.05, 3.63) is 17.8 Å². The van der Waals surface area contributed by atoms with Crippen molar-refractivity contribution >= 4 is 23.0 Å². The molecule has 1 fully saturated rings. The third-order valence-electron chi connectivity index (χ3n) is 2.82. The summed E-state index contributed by atoms with van der Waals surface area (Å²) in [6.45, 7) is 0.556. The van der Waals surface area contributed by atoms with Crippen LogP contribution < -0.4 is 10.6 Å². The van der Waals surface area contributed by atoms with E-state index in [9.17, 15) is 13.2 Å². The smallest absolute Gasteiger partial charge is 0.393 e. The van der Waals surface area contributed by atoms with Crippen molar-refractivity contribution in [2.75, 3.05) is 11.4 Å². The molecule has 0 amide bonds. The summed E-state index contributed by atoms with van der Waals surface area (Å²) in [6.07, 6.45) is -1.95. The van der Waals surface area contributed by atoms with E-state index in [1.807, 2.05) is 4.90 Å². The fourth-order valence-corrected chi connectivity index (χ4v) is 1.82. The molecule has 1 aromatic heterocycles. The molecule has 19 heavy (non-hydrogen) atoms. The van der Waals surface area contributed by atoms with Gasteiger partial charge in [-0.15, -0.1) is 10.2 Å². The first kappa shape index (κ1) is 14.0. The number of nitrogens with two attached hydrogens (primary N) is 1. The molecule has 1 aliphatic rings. The topological polar surface area (TPSA) is 55.0 Å². The van der Waals surface area contributed by atoms with Gasteiger partial charge in [0, 0.05) is 19.0 Å². The first-order valence-corrected chi connectivity index (χ1v) is 6.24. The molecule has 0 saturated heterocycles. The predicted molar refractivity (Wildman–Crippen MR) is 68.8 cm³/mol. The molecule has 1 aliphatic carbocycles. The largest absolute Gasteiger partial charge is 0.435 e. The van der Waals surface area contributed by atoms with Crippen molar-refractivity contribution in [2.24, 2.45) is 5.73 Å². The Morgan fingerprint density at radius 3 is 2.47 bits per heavy atom. The lowest BCUT2D eigenvalue weighted by Crippen LogP contribution is -2.30. The second-order valence-electron chi connectivity index (χ2n) is 4.42. The number of nitrogens with zero attached hydrogens (tertiary/aromatic N) is 3. The maximum atomic E-state index is 12.4. The Hall–Kier alpha value is -1.44. The normalized spacial score (nSPS) is 15.3. The molecular weight excluding hydrogens is 277 g/mol. The van der Waals surface area contributed by atoms with Gasteiger partial charge in [-0.05, 0) is 25.0 Å². The van der Waals surface area contributed by atoms with Crippen LogP contribution in [0.15, 0.2) is 12.1 Å². The van der Waals surface area contributed by atoms with Crippen LogP contribution in [-0.2, 0) is 6.18 Å². The Bertz CT molecular complexity index is 456. The minimum Gasteiger partial charge on any atom is -0.393 e. The molecule has 2 rings (SSSR count). The summed E-state index contributed by atoms with van der Waals surface area (Å²) < 4.78 is 37.2. The molecule has 2 N–H and O–H groups in total. The number of aromatic nitrogens is 2. The summed E-state index contributed by atoms with van der Waals surface area (Å²) in [5.74, 6) is 0.437. The molecule has 1 aromatic rings. The third-order valence-corrected chi connectivity index (χ3v) is 3.03. The lowest BCUT2D eigenvalue weighted by atomic mass is 10.3.